The Hall–Kier alpha value is -1.06. The van der Waals surface area contributed by atoms with Gasteiger partial charge >= 0.3 is 11.9 Å². The van der Waals surface area contributed by atoms with Crippen molar-refractivity contribution >= 4 is 11.9 Å². The third kappa shape index (κ3) is 8.16. The molecular weight excluding hydrogens is 304 g/mol. The minimum atomic E-state index is -0.776. The van der Waals surface area contributed by atoms with Gasteiger partial charge < -0.3 is 9.84 Å². The number of ether oxygens (including phenoxy) is 1. The highest BCUT2D eigenvalue weighted by molar-refractivity contribution is 5.75. The van der Waals surface area contributed by atoms with Gasteiger partial charge in [0.25, 0.3) is 0 Å². The fourth-order valence-electron chi connectivity index (χ4n) is 3.82. The van der Waals surface area contributed by atoms with Crippen LogP contribution in [0.4, 0.5) is 0 Å². The summed E-state index contributed by atoms with van der Waals surface area (Å²) in [5, 5.41) is 9.10. The quantitative estimate of drug-likeness (QED) is 0.392. The number of rotatable bonds is 12. The summed E-state index contributed by atoms with van der Waals surface area (Å²) in [4.78, 5) is 23.2. The number of esters is 1. The van der Waals surface area contributed by atoms with Gasteiger partial charge in [-0.1, -0.05) is 58.8 Å². The maximum atomic E-state index is 12.1. The van der Waals surface area contributed by atoms with Gasteiger partial charge in [0.1, 0.15) is 0 Å². The Kier molecular flexibility index (Phi) is 10.8. The molecule has 0 saturated heterocycles. The van der Waals surface area contributed by atoms with Crippen LogP contribution < -0.4 is 0 Å². The Labute approximate surface area is 147 Å². The van der Waals surface area contributed by atoms with Crippen LogP contribution in [-0.2, 0) is 14.3 Å². The molecule has 140 valence electrons. The van der Waals surface area contributed by atoms with E-state index in [-0.39, 0.29) is 17.8 Å². The van der Waals surface area contributed by atoms with Crippen LogP contribution in [0.2, 0.25) is 0 Å². The highest BCUT2D eigenvalue weighted by atomic mass is 16.5. The SMILES string of the molecule is CCCCCC(CCC)CCCOC(=O)C1CCCC(C(=O)O)C1. The predicted molar refractivity (Wildman–Crippen MR) is 95.8 cm³/mol. The van der Waals surface area contributed by atoms with E-state index in [1.807, 2.05) is 0 Å². The molecule has 0 aromatic rings. The molecular formula is C20H36O4. The number of hydrogen-bond donors (Lipinski definition) is 1. The van der Waals surface area contributed by atoms with E-state index in [2.05, 4.69) is 13.8 Å². The molecule has 1 aliphatic rings. The fraction of sp³-hybridized carbons (Fsp3) is 0.900. The second-order valence-corrected chi connectivity index (χ2v) is 7.36. The van der Waals surface area contributed by atoms with E-state index in [9.17, 15) is 9.59 Å². The van der Waals surface area contributed by atoms with Gasteiger partial charge in [0, 0.05) is 0 Å². The van der Waals surface area contributed by atoms with E-state index >= 15 is 0 Å². The average Bonchev–Trinajstić information content (AvgIpc) is 2.58. The lowest BCUT2D eigenvalue weighted by molar-refractivity contribution is -0.152. The largest absolute Gasteiger partial charge is 0.481 e. The summed E-state index contributed by atoms with van der Waals surface area (Å²) >= 11 is 0. The van der Waals surface area contributed by atoms with Gasteiger partial charge in [0.15, 0.2) is 0 Å². The molecule has 24 heavy (non-hydrogen) atoms. The first-order valence-electron chi connectivity index (χ1n) is 9.97. The van der Waals surface area contributed by atoms with Crippen LogP contribution in [0.15, 0.2) is 0 Å². The van der Waals surface area contributed by atoms with Crippen LogP contribution in [-0.4, -0.2) is 23.7 Å². The number of carboxylic acids is 1. The molecule has 1 aliphatic carbocycles. The monoisotopic (exact) mass is 340 g/mol. The van der Waals surface area contributed by atoms with Gasteiger partial charge in [-0.3, -0.25) is 9.59 Å². The number of carbonyl (C=O) groups excluding carboxylic acids is 1. The molecule has 1 fully saturated rings. The van der Waals surface area contributed by atoms with Crippen molar-refractivity contribution in [2.45, 2.75) is 90.9 Å². The number of unbranched alkanes of at least 4 members (excludes halogenated alkanes) is 2. The molecule has 0 radical (unpaired) electrons. The van der Waals surface area contributed by atoms with E-state index in [0.717, 1.165) is 31.6 Å². The summed E-state index contributed by atoms with van der Waals surface area (Å²) < 4.78 is 5.43. The van der Waals surface area contributed by atoms with E-state index in [0.29, 0.717) is 19.4 Å². The van der Waals surface area contributed by atoms with Crippen molar-refractivity contribution in [1.82, 2.24) is 0 Å². The highest BCUT2D eigenvalue weighted by Crippen LogP contribution is 2.30. The van der Waals surface area contributed by atoms with Crippen LogP contribution in [0.1, 0.15) is 90.9 Å². The number of carboxylic acid groups (broad SMARTS) is 1. The molecule has 1 saturated carbocycles. The lowest BCUT2D eigenvalue weighted by atomic mass is 9.81. The lowest BCUT2D eigenvalue weighted by Gasteiger charge is -2.25. The maximum absolute atomic E-state index is 12.1. The average molecular weight is 341 g/mol. The number of carbonyl (C=O) groups is 2. The maximum Gasteiger partial charge on any atom is 0.308 e. The van der Waals surface area contributed by atoms with E-state index in [4.69, 9.17) is 9.84 Å². The van der Waals surface area contributed by atoms with Crippen molar-refractivity contribution in [1.29, 1.82) is 0 Å². The predicted octanol–water partition coefficient (Wildman–Crippen LogP) is 5.20. The second-order valence-electron chi connectivity index (χ2n) is 7.36. The van der Waals surface area contributed by atoms with Gasteiger partial charge in [-0.2, -0.15) is 0 Å². The van der Waals surface area contributed by atoms with Crippen LogP contribution in [0.5, 0.6) is 0 Å². The molecule has 3 atom stereocenters. The molecule has 0 bridgehead atoms. The van der Waals surface area contributed by atoms with Crippen LogP contribution in [0, 0.1) is 17.8 Å². The summed E-state index contributed by atoms with van der Waals surface area (Å²) in [7, 11) is 0. The topological polar surface area (TPSA) is 63.6 Å². The van der Waals surface area contributed by atoms with Crippen molar-refractivity contribution in [3.63, 3.8) is 0 Å². The minimum Gasteiger partial charge on any atom is -0.481 e. The van der Waals surface area contributed by atoms with Crippen molar-refractivity contribution in [2.75, 3.05) is 6.61 Å². The van der Waals surface area contributed by atoms with Crippen LogP contribution in [0.3, 0.4) is 0 Å². The zero-order valence-electron chi connectivity index (χ0n) is 15.6. The first kappa shape index (κ1) is 21.0. The highest BCUT2D eigenvalue weighted by Gasteiger charge is 2.31. The van der Waals surface area contributed by atoms with Crippen LogP contribution in [0.25, 0.3) is 0 Å². The Morgan fingerprint density at radius 2 is 1.71 bits per heavy atom. The third-order valence-electron chi connectivity index (χ3n) is 5.27. The van der Waals surface area contributed by atoms with Crippen molar-refractivity contribution < 1.29 is 19.4 Å². The molecule has 4 nitrogen and oxygen atoms in total. The molecule has 0 aromatic heterocycles. The Bertz CT molecular complexity index is 367. The Morgan fingerprint density at radius 3 is 2.38 bits per heavy atom. The molecule has 0 spiro atoms. The smallest absolute Gasteiger partial charge is 0.308 e. The molecule has 1 rings (SSSR count). The van der Waals surface area contributed by atoms with Crippen LogP contribution >= 0.6 is 0 Å². The summed E-state index contributed by atoms with van der Waals surface area (Å²) in [5.41, 5.74) is 0. The molecule has 0 aliphatic heterocycles. The molecule has 0 heterocycles. The zero-order valence-corrected chi connectivity index (χ0v) is 15.6. The fourth-order valence-corrected chi connectivity index (χ4v) is 3.82. The van der Waals surface area contributed by atoms with Gasteiger partial charge in [0.2, 0.25) is 0 Å². The van der Waals surface area contributed by atoms with Gasteiger partial charge in [-0.25, -0.2) is 0 Å². The summed E-state index contributed by atoms with van der Waals surface area (Å²) in [5.74, 6) is -0.785. The standard InChI is InChI=1S/C20H36O4/c1-3-5-6-10-16(9-4-2)11-8-14-24-20(23)18-13-7-12-17(15-18)19(21)22/h16-18H,3-15H2,1-2H3,(H,21,22). The molecule has 0 amide bonds. The third-order valence-corrected chi connectivity index (χ3v) is 5.27. The summed E-state index contributed by atoms with van der Waals surface area (Å²) in [6.07, 6.45) is 12.4. The molecule has 3 unspecified atom stereocenters. The van der Waals surface area contributed by atoms with Crippen molar-refractivity contribution in [3.8, 4) is 0 Å². The molecule has 4 heteroatoms. The lowest BCUT2D eigenvalue weighted by Crippen LogP contribution is -2.28. The van der Waals surface area contributed by atoms with Crippen molar-refractivity contribution in [3.05, 3.63) is 0 Å². The van der Waals surface area contributed by atoms with Gasteiger partial charge in [-0.05, 0) is 38.0 Å². The minimum absolute atomic E-state index is 0.182. The number of aliphatic carboxylic acids is 1. The Morgan fingerprint density at radius 1 is 1.00 bits per heavy atom. The normalized spacial score (nSPS) is 22.1. The van der Waals surface area contributed by atoms with E-state index < -0.39 is 5.97 Å². The van der Waals surface area contributed by atoms with Gasteiger partial charge in [-0.15, -0.1) is 0 Å². The summed E-state index contributed by atoms with van der Waals surface area (Å²) in [6, 6.07) is 0. The van der Waals surface area contributed by atoms with E-state index in [1.54, 1.807) is 0 Å². The number of hydrogen-bond acceptors (Lipinski definition) is 3. The molecule has 0 aromatic carbocycles. The second kappa shape index (κ2) is 12.3. The Balaban J connectivity index is 2.22. The van der Waals surface area contributed by atoms with Crippen molar-refractivity contribution in [2.24, 2.45) is 17.8 Å². The first-order chi connectivity index (χ1) is 11.6. The van der Waals surface area contributed by atoms with E-state index in [1.165, 1.54) is 38.5 Å². The molecule has 1 N–H and O–H groups in total. The zero-order chi connectivity index (χ0) is 17.8. The van der Waals surface area contributed by atoms with Gasteiger partial charge in [0.05, 0.1) is 18.4 Å². The first-order valence-corrected chi connectivity index (χ1v) is 9.97. The summed E-state index contributed by atoms with van der Waals surface area (Å²) in [6.45, 7) is 4.95.